The van der Waals surface area contributed by atoms with Crippen LogP contribution in [0.2, 0.25) is 0 Å². The van der Waals surface area contributed by atoms with Crippen LogP contribution in [0.15, 0.2) is 0 Å². The lowest BCUT2D eigenvalue weighted by Crippen LogP contribution is -2.39. The van der Waals surface area contributed by atoms with Crippen molar-refractivity contribution < 1.29 is 4.21 Å². The lowest BCUT2D eigenvalue weighted by atomic mass is 9.69. The molecular formula is C15H29NOS. The molecule has 2 aliphatic rings. The van der Waals surface area contributed by atoms with E-state index in [1.54, 1.807) is 0 Å². The van der Waals surface area contributed by atoms with Crippen molar-refractivity contribution in [1.82, 2.24) is 5.32 Å². The van der Waals surface area contributed by atoms with Gasteiger partial charge in [-0.05, 0) is 44.1 Å². The van der Waals surface area contributed by atoms with Gasteiger partial charge in [0.2, 0.25) is 0 Å². The zero-order valence-electron chi connectivity index (χ0n) is 12.0. The van der Waals surface area contributed by atoms with E-state index in [1.807, 2.05) is 6.26 Å². The summed E-state index contributed by atoms with van der Waals surface area (Å²) >= 11 is 0. The molecular weight excluding hydrogens is 242 g/mol. The Balaban J connectivity index is 1.66. The van der Waals surface area contributed by atoms with Crippen LogP contribution < -0.4 is 5.32 Å². The maximum atomic E-state index is 11.3. The predicted octanol–water partition coefficient (Wildman–Crippen LogP) is 3.09. The zero-order valence-corrected chi connectivity index (χ0v) is 12.8. The first-order valence-electron chi connectivity index (χ1n) is 7.72. The average Bonchev–Trinajstić information content (AvgIpc) is 2.38. The molecule has 0 aromatic rings. The third-order valence-electron chi connectivity index (χ3n) is 5.09. The SMILES string of the molecule is CC(CCNC1CCC2CCCCC2C1)S(C)=O. The van der Waals surface area contributed by atoms with Crippen molar-refractivity contribution in [2.24, 2.45) is 11.8 Å². The molecule has 2 nitrogen and oxygen atoms in total. The lowest BCUT2D eigenvalue weighted by Gasteiger charge is -2.39. The molecule has 5 atom stereocenters. The topological polar surface area (TPSA) is 29.1 Å². The number of rotatable bonds is 5. The van der Waals surface area contributed by atoms with Crippen LogP contribution in [0.1, 0.15) is 58.3 Å². The summed E-state index contributed by atoms with van der Waals surface area (Å²) in [5.74, 6) is 2.04. The molecule has 3 heteroatoms. The lowest BCUT2D eigenvalue weighted by molar-refractivity contribution is 0.144. The van der Waals surface area contributed by atoms with Gasteiger partial charge in [0.15, 0.2) is 0 Å². The smallest absolute Gasteiger partial charge is 0.0329 e. The molecule has 2 saturated carbocycles. The van der Waals surface area contributed by atoms with Gasteiger partial charge in [0.1, 0.15) is 0 Å². The number of nitrogens with one attached hydrogen (secondary N) is 1. The zero-order chi connectivity index (χ0) is 13.0. The molecule has 18 heavy (non-hydrogen) atoms. The second kappa shape index (κ2) is 7.04. The fraction of sp³-hybridized carbons (Fsp3) is 1.00. The van der Waals surface area contributed by atoms with Gasteiger partial charge in [-0.15, -0.1) is 0 Å². The van der Waals surface area contributed by atoms with Crippen LogP contribution >= 0.6 is 0 Å². The molecule has 0 radical (unpaired) electrons. The molecule has 0 amide bonds. The first kappa shape index (κ1) is 14.5. The van der Waals surface area contributed by atoms with Crippen molar-refractivity contribution in [1.29, 1.82) is 0 Å². The quantitative estimate of drug-likeness (QED) is 0.832. The third kappa shape index (κ3) is 4.06. The number of hydrogen-bond acceptors (Lipinski definition) is 2. The Morgan fingerprint density at radius 1 is 1.17 bits per heavy atom. The average molecular weight is 271 g/mol. The van der Waals surface area contributed by atoms with Crippen molar-refractivity contribution in [3.05, 3.63) is 0 Å². The van der Waals surface area contributed by atoms with E-state index in [1.165, 1.54) is 44.9 Å². The largest absolute Gasteiger partial charge is 0.314 e. The van der Waals surface area contributed by atoms with E-state index in [2.05, 4.69) is 12.2 Å². The Bertz CT molecular complexity index is 282. The molecule has 2 rings (SSSR count). The summed E-state index contributed by atoms with van der Waals surface area (Å²) in [6.07, 6.45) is 13.0. The summed E-state index contributed by atoms with van der Waals surface area (Å²) in [6, 6.07) is 0.738. The van der Waals surface area contributed by atoms with E-state index in [9.17, 15) is 4.21 Å². The Morgan fingerprint density at radius 2 is 1.89 bits per heavy atom. The monoisotopic (exact) mass is 271 g/mol. The summed E-state index contributed by atoms with van der Waals surface area (Å²) in [7, 11) is -0.663. The summed E-state index contributed by atoms with van der Waals surface area (Å²) in [6.45, 7) is 3.14. The van der Waals surface area contributed by atoms with Gasteiger partial charge in [0, 0.05) is 28.3 Å². The molecule has 0 saturated heterocycles. The van der Waals surface area contributed by atoms with Gasteiger partial charge >= 0.3 is 0 Å². The molecule has 106 valence electrons. The molecule has 2 aliphatic carbocycles. The van der Waals surface area contributed by atoms with Crippen molar-refractivity contribution >= 4 is 10.8 Å². The van der Waals surface area contributed by atoms with Crippen molar-refractivity contribution in [3.8, 4) is 0 Å². The van der Waals surface area contributed by atoms with E-state index >= 15 is 0 Å². The molecule has 5 unspecified atom stereocenters. The van der Waals surface area contributed by atoms with Crippen molar-refractivity contribution in [3.63, 3.8) is 0 Å². The highest BCUT2D eigenvalue weighted by Gasteiger charge is 2.31. The van der Waals surface area contributed by atoms with Crippen LogP contribution in [0.4, 0.5) is 0 Å². The van der Waals surface area contributed by atoms with E-state index in [0.717, 1.165) is 30.8 Å². The molecule has 0 heterocycles. The maximum Gasteiger partial charge on any atom is 0.0329 e. The van der Waals surface area contributed by atoms with Crippen LogP contribution in [0.3, 0.4) is 0 Å². The minimum Gasteiger partial charge on any atom is -0.314 e. The van der Waals surface area contributed by atoms with E-state index in [-0.39, 0.29) is 0 Å². The first-order valence-corrected chi connectivity index (χ1v) is 9.34. The molecule has 0 aromatic heterocycles. The molecule has 0 spiro atoms. The van der Waals surface area contributed by atoms with Gasteiger partial charge in [-0.3, -0.25) is 4.21 Å². The molecule has 0 aliphatic heterocycles. The first-order chi connectivity index (χ1) is 8.66. The predicted molar refractivity (Wildman–Crippen MR) is 79.2 cm³/mol. The van der Waals surface area contributed by atoms with Gasteiger partial charge in [0.05, 0.1) is 0 Å². The van der Waals surface area contributed by atoms with E-state index in [0.29, 0.717) is 5.25 Å². The highest BCUT2D eigenvalue weighted by Crippen LogP contribution is 2.40. The molecule has 0 bridgehead atoms. The highest BCUT2D eigenvalue weighted by atomic mass is 32.2. The summed E-state index contributed by atoms with van der Waals surface area (Å²) < 4.78 is 11.3. The fourth-order valence-electron chi connectivity index (χ4n) is 3.72. The summed E-state index contributed by atoms with van der Waals surface area (Å²) in [5.41, 5.74) is 0. The summed E-state index contributed by atoms with van der Waals surface area (Å²) in [5, 5.41) is 4.04. The van der Waals surface area contributed by atoms with Crippen LogP contribution in [-0.2, 0) is 10.8 Å². The Labute approximate surface area is 115 Å². The third-order valence-corrected chi connectivity index (χ3v) is 6.46. The highest BCUT2D eigenvalue weighted by molar-refractivity contribution is 7.84. The van der Waals surface area contributed by atoms with Gasteiger partial charge in [0.25, 0.3) is 0 Å². The number of fused-ring (bicyclic) bond motifs is 1. The van der Waals surface area contributed by atoms with E-state index < -0.39 is 10.8 Å². The normalized spacial score (nSPS) is 35.8. The van der Waals surface area contributed by atoms with Crippen LogP contribution in [0, 0.1) is 11.8 Å². The Kier molecular flexibility index (Phi) is 5.68. The van der Waals surface area contributed by atoms with Gasteiger partial charge in [-0.1, -0.05) is 32.6 Å². The van der Waals surface area contributed by atoms with Crippen molar-refractivity contribution in [2.75, 3.05) is 12.8 Å². The van der Waals surface area contributed by atoms with Crippen LogP contribution in [0.5, 0.6) is 0 Å². The van der Waals surface area contributed by atoms with Gasteiger partial charge < -0.3 is 5.32 Å². The maximum absolute atomic E-state index is 11.3. The summed E-state index contributed by atoms with van der Waals surface area (Å²) in [4.78, 5) is 0. The minimum absolute atomic E-state index is 0.337. The number of hydrogen-bond donors (Lipinski definition) is 1. The second-order valence-corrected chi connectivity index (χ2v) is 8.17. The van der Waals surface area contributed by atoms with Crippen LogP contribution in [-0.4, -0.2) is 28.3 Å². The molecule has 2 fully saturated rings. The molecule has 1 N–H and O–H groups in total. The Morgan fingerprint density at radius 3 is 2.61 bits per heavy atom. The second-order valence-electron chi connectivity index (χ2n) is 6.37. The molecule has 0 aromatic carbocycles. The van der Waals surface area contributed by atoms with Gasteiger partial charge in [-0.25, -0.2) is 0 Å². The van der Waals surface area contributed by atoms with E-state index in [4.69, 9.17) is 0 Å². The standard InChI is InChI=1S/C15H29NOS/c1-12(18(2)17)9-10-16-15-8-7-13-5-3-4-6-14(13)11-15/h12-16H,3-11H2,1-2H3. The van der Waals surface area contributed by atoms with Gasteiger partial charge in [-0.2, -0.15) is 0 Å². The van der Waals surface area contributed by atoms with Crippen molar-refractivity contribution in [2.45, 2.75) is 69.6 Å². The minimum atomic E-state index is -0.663. The fourth-order valence-corrected chi connectivity index (χ4v) is 4.17. The van der Waals surface area contributed by atoms with Crippen LogP contribution in [0.25, 0.3) is 0 Å². The Hall–Kier alpha value is 0.110.